The van der Waals surface area contributed by atoms with Crippen LogP contribution in [-0.2, 0) is 6.54 Å². The summed E-state index contributed by atoms with van der Waals surface area (Å²) in [5.41, 5.74) is 1.22. The van der Waals surface area contributed by atoms with Crippen LogP contribution in [0.1, 0.15) is 18.9 Å². The minimum absolute atomic E-state index is 0.869. The Morgan fingerprint density at radius 2 is 2.00 bits per heavy atom. The summed E-state index contributed by atoms with van der Waals surface area (Å²) in [5, 5.41) is 1.88. The molecule has 0 bridgehead atoms. The molecule has 0 aliphatic rings. The van der Waals surface area contributed by atoms with Gasteiger partial charge >= 0.3 is 0 Å². The van der Waals surface area contributed by atoms with Crippen molar-refractivity contribution in [3.8, 4) is 0 Å². The van der Waals surface area contributed by atoms with E-state index in [4.69, 9.17) is 11.6 Å². The number of hydrogen-bond acceptors (Lipinski definition) is 1. The van der Waals surface area contributed by atoms with E-state index in [0.717, 1.165) is 30.0 Å². The molecule has 0 spiro atoms. The highest BCUT2D eigenvalue weighted by Crippen LogP contribution is 2.17. The topological polar surface area (TPSA) is 3.24 Å². The molecule has 0 atom stereocenters. The van der Waals surface area contributed by atoms with Crippen LogP contribution in [0, 0.1) is 0 Å². The fourth-order valence-electron chi connectivity index (χ4n) is 1.57. The van der Waals surface area contributed by atoms with Crippen LogP contribution in [0.25, 0.3) is 0 Å². The van der Waals surface area contributed by atoms with Gasteiger partial charge in [0.15, 0.2) is 0 Å². The van der Waals surface area contributed by atoms with Crippen LogP contribution in [0.5, 0.6) is 0 Å². The summed E-state index contributed by atoms with van der Waals surface area (Å²) in [7, 11) is 0. The SMILES string of the molecule is CCCN(CCBr)Cc1ccccc1Cl. The Hall–Kier alpha value is -0.0500. The van der Waals surface area contributed by atoms with E-state index < -0.39 is 0 Å². The molecule has 0 saturated heterocycles. The van der Waals surface area contributed by atoms with Crippen molar-refractivity contribution in [2.75, 3.05) is 18.4 Å². The lowest BCUT2D eigenvalue weighted by Gasteiger charge is -2.21. The van der Waals surface area contributed by atoms with Crippen molar-refractivity contribution in [1.29, 1.82) is 0 Å². The zero-order chi connectivity index (χ0) is 11.1. The Kier molecular flexibility index (Phi) is 6.30. The van der Waals surface area contributed by atoms with Crippen molar-refractivity contribution >= 4 is 27.5 Å². The van der Waals surface area contributed by atoms with Gasteiger partial charge in [0.2, 0.25) is 0 Å². The molecule has 3 heteroatoms. The van der Waals surface area contributed by atoms with E-state index in [1.807, 2.05) is 18.2 Å². The molecular formula is C12H17BrClN. The minimum Gasteiger partial charge on any atom is -0.298 e. The molecule has 0 saturated carbocycles. The first-order valence-electron chi connectivity index (χ1n) is 5.29. The molecule has 0 N–H and O–H groups in total. The molecule has 0 radical (unpaired) electrons. The fourth-order valence-corrected chi connectivity index (χ4v) is 2.27. The van der Waals surface area contributed by atoms with Crippen LogP contribution in [0.3, 0.4) is 0 Å². The molecule has 1 aromatic rings. The Morgan fingerprint density at radius 3 is 2.60 bits per heavy atom. The summed E-state index contributed by atoms with van der Waals surface area (Å²) in [5.74, 6) is 0. The van der Waals surface area contributed by atoms with Crippen LogP contribution in [0.4, 0.5) is 0 Å². The van der Waals surface area contributed by atoms with Gasteiger partial charge in [-0.15, -0.1) is 0 Å². The third-order valence-corrected chi connectivity index (χ3v) is 3.02. The van der Waals surface area contributed by atoms with Gasteiger partial charge in [-0.25, -0.2) is 0 Å². The van der Waals surface area contributed by atoms with E-state index in [9.17, 15) is 0 Å². The van der Waals surface area contributed by atoms with Crippen molar-refractivity contribution in [2.24, 2.45) is 0 Å². The maximum Gasteiger partial charge on any atom is 0.0451 e. The van der Waals surface area contributed by atoms with E-state index >= 15 is 0 Å². The Balaban J connectivity index is 2.60. The summed E-state index contributed by atoms with van der Waals surface area (Å²) in [6.07, 6.45) is 1.18. The lowest BCUT2D eigenvalue weighted by atomic mass is 10.2. The van der Waals surface area contributed by atoms with Gasteiger partial charge in [-0.2, -0.15) is 0 Å². The largest absolute Gasteiger partial charge is 0.298 e. The number of nitrogens with zero attached hydrogens (tertiary/aromatic N) is 1. The maximum atomic E-state index is 6.13. The van der Waals surface area contributed by atoms with Crippen molar-refractivity contribution in [3.63, 3.8) is 0 Å². The Bertz CT molecular complexity index is 285. The standard InChI is InChI=1S/C12H17BrClN/c1-2-8-15(9-7-13)10-11-5-3-4-6-12(11)14/h3-6H,2,7-10H2,1H3. The predicted octanol–water partition coefficient (Wildman–Crippen LogP) is 3.95. The first-order chi connectivity index (χ1) is 7.27. The van der Waals surface area contributed by atoms with Crippen LogP contribution in [0.15, 0.2) is 24.3 Å². The molecule has 0 aliphatic carbocycles. The lowest BCUT2D eigenvalue weighted by Crippen LogP contribution is -2.26. The van der Waals surface area contributed by atoms with Crippen LogP contribution >= 0.6 is 27.5 Å². The molecule has 0 amide bonds. The van der Waals surface area contributed by atoms with E-state index in [1.165, 1.54) is 12.0 Å². The van der Waals surface area contributed by atoms with Gasteiger partial charge in [0.1, 0.15) is 0 Å². The summed E-state index contributed by atoms with van der Waals surface area (Å²) >= 11 is 9.61. The second-order valence-corrected chi connectivity index (χ2v) is 4.76. The zero-order valence-corrected chi connectivity index (χ0v) is 11.4. The monoisotopic (exact) mass is 289 g/mol. The summed E-state index contributed by atoms with van der Waals surface area (Å²) in [4.78, 5) is 2.41. The van der Waals surface area contributed by atoms with E-state index in [1.54, 1.807) is 0 Å². The van der Waals surface area contributed by atoms with Gasteiger partial charge in [0.05, 0.1) is 0 Å². The van der Waals surface area contributed by atoms with Gasteiger partial charge in [0.25, 0.3) is 0 Å². The van der Waals surface area contributed by atoms with Gasteiger partial charge in [-0.05, 0) is 24.6 Å². The van der Waals surface area contributed by atoms with E-state index in [2.05, 4.69) is 33.8 Å². The zero-order valence-electron chi connectivity index (χ0n) is 9.05. The second-order valence-electron chi connectivity index (χ2n) is 3.56. The normalized spacial score (nSPS) is 10.9. The third kappa shape index (κ3) is 4.54. The van der Waals surface area contributed by atoms with Crippen molar-refractivity contribution in [2.45, 2.75) is 19.9 Å². The van der Waals surface area contributed by atoms with Crippen LogP contribution < -0.4 is 0 Å². The quantitative estimate of drug-likeness (QED) is 0.717. The average molecular weight is 291 g/mol. The maximum absolute atomic E-state index is 6.13. The first-order valence-corrected chi connectivity index (χ1v) is 6.79. The molecule has 0 heterocycles. The Labute approximate surface area is 106 Å². The predicted molar refractivity (Wildman–Crippen MR) is 70.8 cm³/mol. The molecule has 0 aliphatic heterocycles. The number of alkyl halides is 1. The summed E-state index contributed by atoms with van der Waals surface area (Å²) in [6, 6.07) is 8.06. The Morgan fingerprint density at radius 1 is 1.27 bits per heavy atom. The molecule has 15 heavy (non-hydrogen) atoms. The molecule has 0 fully saturated rings. The molecule has 84 valence electrons. The summed E-state index contributed by atoms with van der Waals surface area (Å²) < 4.78 is 0. The van der Waals surface area contributed by atoms with Crippen LogP contribution in [-0.4, -0.2) is 23.3 Å². The molecule has 0 aromatic heterocycles. The van der Waals surface area contributed by atoms with Crippen LogP contribution in [0.2, 0.25) is 5.02 Å². The first kappa shape index (κ1) is 13.0. The molecule has 1 aromatic carbocycles. The number of hydrogen-bond donors (Lipinski definition) is 0. The van der Waals surface area contributed by atoms with Crippen molar-refractivity contribution in [1.82, 2.24) is 4.90 Å². The highest BCUT2D eigenvalue weighted by atomic mass is 79.9. The summed E-state index contributed by atoms with van der Waals surface area (Å²) in [6.45, 7) is 5.34. The van der Waals surface area contributed by atoms with E-state index in [0.29, 0.717) is 0 Å². The minimum atomic E-state index is 0.869. The van der Waals surface area contributed by atoms with Crippen molar-refractivity contribution in [3.05, 3.63) is 34.9 Å². The highest BCUT2D eigenvalue weighted by molar-refractivity contribution is 9.09. The van der Waals surface area contributed by atoms with E-state index in [-0.39, 0.29) is 0 Å². The number of halogens is 2. The average Bonchev–Trinajstić information content (AvgIpc) is 2.22. The van der Waals surface area contributed by atoms with Gasteiger partial charge in [-0.3, -0.25) is 4.90 Å². The van der Waals surface area contributed by atoms with Gasteiger partial charge in [-0.1, -0.05) is 52.7 Å². The van der Waals surface area contributed by atoms with Gasteiger partial charge < -0.3 is 0 Å². The van der Waals surface area contributed by atoms with Crippen molar-refractivity contribution < 1.29 is 0 Å². The number of benzene rings is 1. The number of rotatable bonds is 6. The fraction of sp³-hybridized carbons (Fsp3) is 0.500. The third-order valence-electron chi connectivity index (χ3n) is 2.29. The second kappa shape index (κ2) is 7.26. The highest BCUT2D eigenvalue weighted by Gasteiger charge is 2.06. The molecule has 1 rings (SSSR count). The lowest BCUT2D eigenvalue weighted by molar-refractivity contribution is 0.284. The molecule has 0 unspecified atom stereocenters. The van der Waals surface area contributed by atoms with Gasteiger partial charge in [0, 0.05) is 23.4 Å². The smallest absolute Gasteiger partial charge is 0.0451 e. The molecule has 1 nitrogen and oxygen atoms in total. The molecular weight excluding hydrogens is 273 g/mol.